The minimum atomic E-state index is -0.0149. The van der Waals surface area contributed by atoms with Crippen LogP contribution in [0.15, 0.2) is 30.3 Å². The Kier molecular flexibility index (Phi) is 5.01. The zero-order chi connectivity index (χ0) is 16.3. The summed E-state index contributed by atoms with van der Waals surface area (Å²) in [7, 11) is 0. The number of carbonyl (C=O) groups excluding carboxylic acids is 1. The van der Waals surface area contributed by atoms with E-state index in [9.17, 15) is 4.79 Å². The summed E-state index contributed by atoms with van der Waals surface area (Å²) in [6.07, 6.45) is 0. The number of nitrogens with one attached hydrogen (secondary N) is 1. The van der Waals surface area contributed by atoms with Crippen LogP contribution in [0.25, 0.3) is 0 Å². The molecule has 2 aromatic rings. The first-order valence-electron chi connectivity index (χ1n) is 7.77. The molecule has 1 aromatic carbocycles. The molecule has 2 rings (SSSR count). The Morgan fingerprint density at radius 1 is 1.18 bits per heavy atom. The maximum Gasteiger partial charge on any atom is 0.251 e. The summed E-state index contributed by atoms with van der Waals surface area (Å²) in [5, 5.41) is 7.48. The fraction of sp³-hybridized carbons (Fsp3) is 0.444. The lowest BCUT2D eigenvalue weighted by Gasteiger charge is -2.17. The first-order valence-corrected chi connectivity index (χ1v) is 7.77. The van der Waals surface area contributed by atoms with Gasteiger partial charge in [0.15, 0.2) is 0 Å². The van der Waals surface area contributed by atoms with Gasteiger partial charge in [-0.15, -0.1) is 0 Å². The molecule has 1 atom stereocenters. The van der Waals surface area contributed by atoms with E-state index in [1.54, 1.807) is 0 Å². The van der Waals surface area contributed by atoms with Gasteiger partial charge in [0.05, 0.1) is 12.2 Å². The molecule has 0 saturated heterocycles. The van der Waals surface area contributed by atoms with Gasteiger partial charge in [-0.3, -0.25) is 9.48 Å². The van der Waals surface area contributed by atoms with Crippen LogP contribution in [0, 0.1) is 19.8 Å². The van der Waals surface area contributed by atoms with Gasteiger partial charge in [-0.25, -0.2) is 0 Å². The van der Waals surface area contributed by atoms with Crippen molar-refractivity contribution in [1.29, 1.82) is 0 Å². The second-order valence-electron chi connectivity index (χ2n) is 6.29. The number of nitrogens with zero attached hydrogens (tertiary/aromatic N) is 2. The number of aromatic nitrogens is 2. The van der Waals surface area contributed by atoms with E-state index in [-0.39, 0.29) is 11.9 Å². The van der Waals surface area contributed by atoms with Crippen LogP contribution >= 0.6 is 0 Å². The molecule has 118 valence electrons. The van der Waals surface area contributed by atoms with E-state index in [1.165, 1.54) is 0 Å². The van der Waals surface area contributed by atoms with Crippen molar-refractivity contribution in [3.05, 3.63) is 52.8 Å². The molecule has 0 saturated carbocycles. The minimum absolute atomic E-state index is 0.0149. The smallest absolute Gasteiger partial charge is 0.251 e. The third-order valence-electron chi connectivity index (χ3n) is 4.01. The molecular weight excluding hydrogens is 274 g/mol. The summed E-state index contributed by atoms with van der Waals surface area (Å²) in [5.74, 6) is 0.410. The molecule has 22 heavy (non-hydrogen) atoms. The first-order chi connectivity index (χ1) is 10.4. The van der Waals surface area contributed by atoms with Gasteiger partial charge in [0.1, 0.15) is 0 Å². The van der Waals surface area contributed by atoms with E-state index in [2.05, 4.69) is 37.3 Å². The number of benzene rings is 1. The summed E-state index contributed by atoms with van der Waals surface area (Å²) >= 11 is 0. The van der Waals surface area contributed by atoms with E-state index >= 15 is 0 Å². The standard InChI is InChI=1S/C18H25N3O/c1-12(2)15(5)19-18(22)17-8-6-16(7-9-17)11-21-14(4)10-13(3)20-21/h6-10,12,15H,11H2,1-5H3,(H,19,22)/t15-/m1/s1. The number of aryl methyl sites for hydroxylation is 2. The van der Waals surface area contributed by atoms with Crippen LogP contribution in [-0.2, 0) is 6.54 Å². The molecule has 0 spiro atoms. The average molecular weight is 299 g/mol. The van der Waals surface area contributed by atoms with Crippen LogP contribution in [0.5, 0.6) is 0 Å². The van der Waals surface area contributed by atoms with Crippen LogP contribution in [0.4, 0.5) is 0 Å². The topological polar surface area (TPSA) is 46.9 Å². The van der Waals surface area contributed by atoms with Crippen molar-refractivity contribution >= 4 is 5.91 Å². The Hall–Kier alpha value is -2.10. The average Bonchev–Trinajstić information content (AvgIpc) is 2.77. The highest BCUT2D eigenvalue weighted by Gasteiger charge is 2.12. The molecule has 4 nitrogen and oxygen atoms in total. The number of hydrogen-bond acceptors (Lipinski definition) is 2. The van der Waals surface area contributed by atoms with Crippen LogP contribution in [0.2, 0.25) is 0 Å². The van der Waals surface area contributed by atoms with Crippen molar-refractivity contribution in [2.45, 2.75) is 47.2 Å². The number of hydrogen-bond donors (Lipinski definition) is 1. The molecule has 0 radical (unpaired) electrons. The van der Waals surface area contributed by atoms with Gasteiger partial charge in [-0.1, -0.05) is 26.0 Å². The Labute approximate surface area is 132 Å². The molecule has 4 heteroatoms. The molecular formula is C18H25N3O. The summed E-state index contributed by atoms with van der Waals surface area (Å²) < 4.78 is 1.98. The van der Waals surface area contributed by atoms with Gasteiger partial charge in [-0.05, 0) is 50.5 Å². The van der Waals surface area contributed by atoms with E-state index in [4.69, 9.17) is 0 Å². The van der Waals surface area contributed by atoms with Crippen molar-refractivity contribution in [3.8, 4) is 0 Å². The Morgan fingerprint density at radius 2 is 1.82 bits per heavy atom. The number of rotatable bonds is 5. The molecule has 1 heterocycles. The minimum Gasteiger partial charge on any atom is -0.349 e. The van der Waals surface area contributed by atoms with Gasteiger partial charge < -0.3 is 5.32 Å². The molecule has 0 fully saturated rings. The van der Waals surface area contributed by atoms with Gasteiger partial charge in [0.2, 0.25) is 0 Å². The van der Waals surface area contributed by atoms with Gasteiger partial charge in [0.25, 0.3) is 5.91 Å². The molecule has 0 aliphatic rings. The van der Waals surface area contributed by atoms with Gasteiger partial charge in [-0.2, -0.15) is 5.10 Å². The lowest BCUT2D eigenvalue weighted by molar-refractivity contribution is 0.0930. The Morgan fingerprint density at radius 3 is 2.32 bits per heavy atom. The highest BCUT2D eigenvalue weighted by molar-refractivity contribution is 5.94. The summed E-state index contributed by atoms with van der Waals surface area (Å²) in [6.45, 7) is 11.0. The SMILES string of the molecule is Cc1cc(C)n(Cc2ccc(C(=O)N[C@H](C)C(C)C)cc2)n1. The quantitative estimate of drug-likeness (QED) is 0.920. The maximum atomic E-state index is 12.2. The van der Waals surface area contributed by atoms with E-state index in [0.29, 0.717) is 11.5 Å². The van der Waals surface area contributed by atoms with Crippen LogP contribution in [-0.4, -0.2) is 21.7 Å². The highest BCUT2D eigenvalue weighted by atomic mass is 16.1. The van der Waals surface area contributed by atoms with E-state index in [0.717, 1.165) is 23.5 Å². The normalized spacial score (nSPS) is 12.5. The zero-order valence-electron chi connectivity index (χ0n) is 14.1. The molecule has 0 bridgehead atoms. The van der Waals surface area contributed by atoms with E-state index < -0.39 is 0 Å². The van der Waals surface area contributed by atoms with Crippen molar-refractivity contribution < 1.29 is 4.79 Å². The van der Waals surface area contributed by atoms with Gasteiger partial charge in [0, 0.05) is 17.3 Å². The predicted octanol–water partition coefficient (Wildman–Crippen LogP) is 3.32. The summed E-state index contributed by atoms with van der Waals surface area (Å²) in [5.41, 5.74) is 4.01. The van der Waals surface area contributed by atoms with Crippen LogP contribution in [0.1, 0.15) is 48.1 Å². The highest BCUT2D eigenvalue weighted by Crippen LogP contribution is 2.10. The second kappa shape index (κ2) is 6.77. The molecule has 0 unspecified atom stereocenters. The molecule has 1 amide bonds. The summed E-state index contributed by atoms with van der Waals surface area (Å²) in [6, 6.07) is 9.97. The van der Waals surface area contributed by atoms with Crippen LogP contribution in [0.3, 0.4) is 0 Å². The first kappa shape index (κ1) is 16.3. The number of amides is 1. The lowest BCUT2D eigenvalue weighted by atomic mass is 10.1. The van der Waals surface area contributed by atoms with Crippen molar-refractivity contribution in [1.82, 2.24) is 15.1 Å². The molecule has 1 N–H and O–H groups in total. The monoisotopic (exact) mass is 299 g/mol. The van der Waals surface area contributed by atoms with Crippen molar-refractivity contribution in [2.24, 2.45) is 5.92 Å². The fourth-order valence-electron chi connectivity index (χ4n) is 2.23. The molecule has 1 aromatic heterocycles. The molecule has 0 aliphatic carbocycles. The summed E-state index contributed by atoms with van der Waals surface area (Å²) in [4.78, 5) is 12.2. The second-order valence-corrected chi connectivity index (χ2v) is 6.29. The van der Waals surface area contributed by atoms with Crippen molar-refractivity contribution in [3.63, 3.8) is 0 Å². The van der Waals surface area contributed by atoms with Gasteiger partial charge >= 0.3 is 0 Å². The van der Waals surface area contributed by atoms with Crippen molar-refractivity contribution in [2.75, 3.05) is 0 Å². The fourth-order valence-corrected chi connectivity index (χ4v) is 2.23. The number of carbonyl (C=O) groups is 1. The largest absolute Gasteiger partial charge is 0.349 e. The third-order valence-corrected chi connectivity index (χ3v) is 4.01. The third kappa shape index (κ3) is 3.97. The van der Waals surface area contributed by atoms with Crippen LogP contribution < -0.4 is 5.32 Å². The molecule has 0 aliphatic heterocycles. The lowest BCUT2D eigenvalue weighted by Crippen LogP contribution is -2.36. The predicted molar refractivity (Wildman–Crippen MR) is 89.0 cm³/mol. The van der Waals surface area contributed by atoms with E-state index in [1.807, 2.05) is 42.8 Å². The maximum absolute atomic E-state index is 12.2. The zero-order valence-corrected chi connectivity index (χ0v) is 14.1. The Balaban J connectivity index is 2.04. The Bertz CT molecular complexity index is 641.